The predicted molar refractivity (Wildman–Crippen MR) is 91.2 cm³/mol. The summed E-state index contributed by atoms with van der Waals surface area (Å²) in [6.07, 6.45) is 3.93. The Labute approximate surface area is 136 Å². The minimum Gasteiger partial charge on any atom is -0.444 e. The minimum atomic E-state index is -0.430. The van der Waals surface area contributed by atoms with Crippen molar-refractivity contribution in [2.45, 2.75) is 83.5 Å². The summed E-state index contributed by atoms with van der Waals surface area (Å²) in [4.78, 5) is 14.0. The number of ether oxygens (including phenoxy) is 1. The molecular weight excluding hydrogens is 278 g/mol. The van der Waals surface area contributed by atoms with Crippen molar-refractivity contribution in [2.75, 3.05) is 20.6 Å². The van der Waals surface area contributed by atoms with Crippen LogP contribution in [0.3, 0.4) is 0 Å². The van der Waals surface area contributed by atoms with Crippen molar-refractivity contribution in [3.63, 3.8) is 0 Å². The van der Waals surface area contributed by atoms with Gasteiger partial charge in [0.05, 0.1) is 0 Å². The summed E-state index contributed by atoms with van der Waals surface area (Å²) >= 11 is 0. The molecule has 0 aromatic heterocycles. The molecule has 0 heterocycles. The molecule has 0 aromatic rings. The highest BCUT2D eigenvalue weighted by atomic mass is 16.6. The third kappa shape index (κ3) is 6.97. The summed E-state index contributed by atoms with van der Waals surface area (Å²) in [5.41, 5.74) is -0.272. The van der Waals surface area contributed by atoms with E-state index in [1.54, 1.807) is 0 Å². The molecule has 1 fully saturated rings. The number of alkyl carbamates (subject to hydrolysis) is 1. The maximum Gasteiger partial charge on any atom is 0.407 e. The molecule has 1 saturated carbocycles. The van der Waals surface area contributed by atoms with Gasteiger partial charge in [-0.2, -0.15) is 0 Å². The van der Waals surface area contributed by atoms with Gasteiger partial charge in [0, 0.05) is 24.2 Å². The third-order valence-corrected chi connectivity index (χ3v) is 4.48. The fraction of sp³-hybridized carbons (Fsp3) is 0.941. The lowest BCUT2D eigenvalue weighted by Crippen LogP contribution is -2.50. The van der Waals surface area contributed by atoms with Gasteiger partial charge in [-0.05, 0) is 74.4 Å². The Morgan fingerprint density at radius 3 is 2.00 bits per heavy atom. The number of likely N-dealkylation sites (N-methyl/N-ethyl adjacent to an activating group) is 1. The number of hydrogen-bond acceptors (Lipinski definition) is 4. The van der Waals surface area contributed by atoms with Crippen molar-refractivity contribution in [2.24, 2.45) is 0 Å². The molecule has 0 atom stereocenters. The van der Waals surface area contributed by atoms with Gasteiger partial charge in [0.15, 0.2) is 0 Å². The summed E-state index contributed by atoms with van der Waals surface area (Å²) < 4.78 is 5.31. The molecule has 0 aliphatic heterocycles. The van der Waals surface area contributed by atoms with Crippen molar-refractivity contribution in [1.82, 2.24) is 15.5 Å². The van der Waals surface area contributed by atoms with Gasteiger partial charge >= 0.3 is 6.09 Å². The second-order valence-electron chi connectivity index (χ2n) is 8.28. The van der Waals surface area contributed by atoms with E-state index in [0.717, 1.165) is 32.2 Å². The van der Waals surface area contributed by atoms with Gasteiger partial charge in [0.1, 0.15) is 5.60 Å². The van der Waals surface area contributed by atoms with E-state index in [4.69, 9.17) is 4.74 Å². The predicted octanol–water partition coefficient (Wildman–Crippen LogP) is 2.75. The van der Waals surface area contributed by atoms with Crippen LogP contribution in [-0.2, 0) is 4.74 Å². The van der Waals surface area contributed by atoms with Gasteiger partial charge in [-0.3, -0.25) is 0 Å². The lowest BCUT2D eigenvalue weighted by atomic mass is 9.90. The smallest absolute Gasteiger partial charge is 0.407 e. The number of carbonyl (C=O) groups excluding carboxylic acids is 1. The lowest BCUT2D eigenvalue weighted by molar-refractivity contribution is 0.0489. The SMILES string of the molecule is CN(C)C(C)(C)CNC1CCC(NC(=O)OC(C)(C)C)CC1. The number of hydrogen-bond donors (Lipinski definition) is 2. The van der Waals surface area contributed by atoms with Gasteiger partial charge in [0.2, 0.25) is 0 Å². The molecule has 5 heteroatoms. The first kappa shape index (κ1) is 19.2. The Kier molecular flexibility index (Phi) is 6.68. The zero-order chi connectivity index (χ0) is 17.0. The number of carbonyl (C=O) groups is 1. The van der Waals surface area contributed by atoms with Gasteiger partial charge in [0.25, 0.3) is 0 Å². The standard InChI is InChI=1S/C17H35N3O2/c1-16(2,3)22-15(21)19-14-10-8-13(9-11-14)18-12-17(4,5)20(6)7/h13-14,18H,8-12H2,1-7H3,(H,19,21). The Bertz CT molecular complexity index is 353. The van der Waals surface area contributed by atoms with Crippen LogP contribution in [-0.4, -0.2) is 54.9 Å². The molecule has 1 amide bonds. The van der Waals surface area contributed by atoms with E-state index >= 15 is 0 Å². The van der Waals surface area contributed by atoms with Gasteiger partial charge in [-0.15, -0.1) is 0 Å². The molecule has 1 aliphatic carbocycles. The minimum absolute atomic E-state index is 0.158. The first-order valence-corrected chi connectivity index (χ1v) is 8.40. The van der Waals surface area contributed by atoms with Crippen molar-refractivity contribution < 1.29 is 9.53 Å². The normalized spacial score (nSPS) is 23.5. The largest absolute Gasteiger partial charge is 0.444 e. The molecule has 2 N–H and O–H groups in total. The molecule has 22 heavy (non-hydrogen) atoms. The average molecular weight is 313 g/mol. The van der Waals surface area contributed by atoms with Gasteiger partial charge < -0.3 is 20.3 Å². The van der Waals surface area contributed by atoms with Crippen LogP contribution in [0, 0.1) is 0 Å². The maximum atomic E-state index is 11.8. The van der Waals surface area contributed by atoms with E-state index in [2.05, 4.69) is 43.5 Å². The first-order valence-electron chi connectivity index (χ1n) is 8.40. The fourth-order valence-corrected chi connectivity index (χ4v) is 2.47. The molecule has 5 nitrogen and oxygen atoms in total. The number of nitrogens with one attached hydrogen (secondary N) is 2. The van der Waals surface area contributed by atoms with Crippen LogP contribution < -0.4 is 10.6 Å². The molecule has 0 saturated heterocycles. The highest BCUT2D eigenvalue weighted by Gasteiger charge is 2.26. The van der Waals surface area contributed by atoms with E-state index in [9.17, 15) is 4.79 Å². The Balaban J connectivity index is 2.28. The van der Waals surface area contributed by atoms with Gasteiger partial charge in [-0.1, -0.05) is 0 Å². The molecule has 130 valence electrons. The fourth-order valence-electron chi connectivity index (χ4n) is 2.47. The maximum absolute atomic E-state index is 11.8. The molecule has 0 spiro atoms. The van der Waals surface area contributed by atoms with Crippen LogP contribution in [0.5, 0.6) is 0 Å². The summed E-state index contributed by atoms with van der Waals surface area (Å²) in [5, 5.41) is 6.66. The Morgan fingerprint density at radius 1 is 1.05 bits per heavy atom. The van der Waals surface area contributed by atoms with Crippen molar-refractivity contribution in [1.29, 1.82) is 0 Å². The van der Waals surface area contributed by atoms with Gasteiger partial charge in [-0.25, -0.2) is 4.79 Å². The van der Waals surface area contributed by atoms with Crippen molar-refractivity contribution in [3.05, 3.63) is 0 Å². The number of amides is 1. The van der Waals surface area contributed by atoms with Crippen LogP contribution >= 0.6 is 0 Å². The number of nitrogens with zero attached hydrogens (tertiary/aromatic N) is 1. The zero-order valence-corrected chi connectivity index (χ0v) is 15.5. The number of rotatable bonds is 5. The molecule has 1 rings (SSSR count). The molecular formula is C17H35N3O2. The molecule has 0 unspecified atom stereocenters. The highest BCUT2D eigenvalue weighted by molar-refractivity contribution is 5.68. The monoisotopic (exact) mass is 313 g/mol. The van der Waals surface area contributed by atoms with Crippen LogP contribution in [0.25, 0.3) is 0 Å². The molecule has 0 bridgehead atoms. The van der Waals surface area contributed by atoms with E-state index in [1.165, 1.54) is 0 Å². The van der Waals surface area contributed by atoms with E-state index < -0.39 is 5.60 Å². The van der Waals surface area contributed by atoms with Crippen molar-refractivity contribution in [3.8, 4) is 0 Å². The third-order valence-electron chi connectivity index (χ3n) is 4.48. The molecule has 1 aliphatic rings. The molecule has 0 radical (unpaired) electrons. The summed E-state index contributed by atoms with van der Waals surface area (Å²) in [6.45, 7) is 11.1. The zero-order valence-electron chi connectivity index (χ0n) is 15.5. The highest BCUT2D eigenvalue weighted by Crippen LogP contribution is 2.20. The second-order valence-corrected chi connectivity index (χ2v) is 8.28. The quantitative estimate of drug-likeness (QED) is 0.819. The lowest BCUT2D eigenvalue weighted by Gasteiger charge is -2.36. The van der Waals surface area contributed by atoms with E-state index in [0.29, 0.717) is 6.04 Å². The van der Waals surface area contributed by atoms with E-state index in [-0.39, 0.29) is 17.7 Å². The summed E-state index contributed by atoms with van der Waals surface area (Å²) in [7, 11) is 4.23. The molecule has 0 aromatic carbocycles. The van der Waals surface area contributed by atoms with Crippen LogP contribution in [0.1, 0.15) is 60.3 Å². The van der Waals surface area contributed by atoms with Crippen molar-refractivity contribution >= 4 is 6.09 Å². The average Bonchev–Trinajstić information content (AvgIpc) is 2.35. The van der Waals surface area contributed by atoms with Crippen LogP contribution in [0.15, 0.2) is 0 Å². The Hall–Kier alpha value is -0.810. The summed E-state index contributed by atoms with van der Waals surface area (Å²) in [5.74, 6) is 0. The van der Waals surface area contributed by atoms with Crippen LogP contribution in [0.2, 0.25) is 0 Å². The Morgan fingerprint density at radius 2 is 1.55 bits per heavy atom. The first-order chi connectivity index (χ1) is 9.99. The summed E-state index contributed by atoms with van der Waals surface area (Å²) in [6, 6.07) is 0.797. The van der Waals surface area contributed by atoms with E-state index in [1.807, 2.05) is 20.8 Å². The topological polar surface area (TPSA) is 53.6 Å². The van der Waals surface area contributed by atoms with Crippen LogP contribution in [0.4, 0.5) is 4.79 Å². The second kappa shape index (κ2) is 7.64.